The minimum absolute atomic E-state index is 0.0168. The average molecular weight is 1040 g/mol. The zero-order chi connectivity index (χ0) is 51.8. The summed E-state index contributed by atoms with van der Waals surface area (Å²) in [5.41, 5.74) is 9.52. The number of thiazole rings is 1. The van der Waals surface area contributed by atoms with Gasteiger partial charge in [-0.25, -0.2) is 14.4 Å². The second kappa shape index (κ2) is 21.9. The highest BCUT2D eigenvalue weighted by Crippen LogP contribution is 2.41. The van der Waals surface area contributed by atoms with Gasteiger partial charge in [-0.2, -0.15) is 0 Å². The number of carbonyl (C=O) groups excluding carboxylic acids is 3. The first-order valence-electron chi connectivity index (χ1n) is 25.5. The number of aromatic nitrogens is 3. The van der Waals surface area contributed by atoms with Crippen LogP contribution in [0.4, 0.5) is 16.0 Å². The van der Waals surface area contributed by atoms with Crippen molar-refractivity contribution >= 4 is 63.3 Å². The molecule has 3 amide bonds. The van der Waals surface area contributed by atoms with Crippen LogP contribution in [0.25, 0.3) is 21.5 Å². The highest BCUT2D eigenvalue weighted by Gasteiger charge is 2.49. The summed E-state index contributed by atoms with van der Waals surface area (Å²) < 4.78 is 28.5. The van der Waals surface area contributed by atoms with E-state index >= 15 is 0 Å². The van der Waals surface area contributed by atoms with Crippen LogP contribution in [0.5, 0.6) is 0 Å². The Hall–Kier alpha value is -5.21. The van der Waals surface area contributed by atoms with Crippen molar-refractivity contribution in [2.75, 3.05) is 102 Å². The van der Waals surface area contributed by atoms with Crippen LogP contribution in [0.1, 0.15) is 68.1 Å². The van der Waals surface area contributed by atoms with Crippen molar-refractivity contribution in [3.8, 4) is 10.4 Å². The average Bonchev–Trinajstić information content (AvgIpc) is 4.04. The second-order valence-electron chi connectivity index (χ2n) is 21.7. The Balaban J connectivity index is 0.723. The number of amides is 3. The summed E-state index contributed by atoms with van der Waals surface area (Å²) in [4.78, 5) is 60.3. The van der Waals surface area contributed by atoms with Gasteiger partial charge >= 0.3 is 0 Å². The topological polar surface area (TPSA) is 170 Å². The molecule has 9 rings (SSSR count). The maximum Gasteiger partial charge on any atom is 0.246 e. The van der Waals surface area contributed by atoms with E-state index in [1.54, 1.807) is 11.3 Å². The van der Waals surface area contributed by atoms with Crippen molar-refractivity contribution in [1.29, 1.82) is 0 Å². The lowest BCUT2D eigenvalue weighted by Crippen LogP contribution is -2.71. The summed E-state index contributed by atoms with van der Waals surface area (Å²) >= 11 is 8.45. The zero-order valence-electron chi connectivity index (χ0n) is 43.1. The van der Waals surface area contributed by atoms with Crippen molar-refractivity contribution in [3.05, 3.63) is 92.8 Å². The van der Waals surface area contributed by atoms with E-state index in [2.05, 4.69) is 40.2 Å². The molecule has 19 heteroatoms. The minimum atomic E-state index is -0.967. The summed E-state index contributed by atoms with van der Waals surface area (Å²) in [5, 5.41) is 20.6. The van der Waals surface area contributed by atoms with Gasteiger partial charge in [-0.3, -0.25) is 19.3 Å². The molecule has 5 aromatic rings. The number of aliphatic hydroxyl groups is 1. The molecule has 16 nitrogen and oxygen atoms in total. The lowest BCUT2D eigenvalue weighted by Gasteiger charge is -2.56. The lowest BCUT2D eigenvalue weighted by atomic mass is 9.75. The molecule has 0 saturated carbocycles. The third-order valence-electron chi connectivity index (χ3n) is 14.9. The minimum Gasteiger partial charge on any atom is -0.391 e. The fourth-order valence-corrected chi connectivity index (χ4v) is 11.7. The first-order chi connectivity index (χ1) is 34.9. The molecule has 0 bridgehead atoms. The number of aliphatic hydroxyl groups excluding tert-OH is 1. The molecular formula is C54H70ClFN10O6S. The zero-order valence-corrected chi connectivity index (χ0v) is 44.7. The lowest BCUT2D eigenvalue weighted by molar-refractivity contribution is -0.144. The van der Waals surface area contributed by atoms with Crippen LogP contribution in [0, 0.1) is 37.4 Å². The number of anilines is 2. The number of rotatable bonds is 18. The quantitative estimate of drug-likeness (QED) is 0.0773. The summed E-state index contributed by atoms with van der Waals surface area (Å²) in [5.74, 6) is -0.513. The number of β-amino-alcohol motifs (C(OH)–C–C–N with tert-alkyl or cyclic N) is 1. The SMILES string of the molecule is Cc1cc(Cn2c(N3CC4(CNC4)C3)nc3c(N4CCN(CCOCCOCC(=O)NC(C(=O)N5CC(O)CC5C(=O)NC(C)c5ccc(-c6scnc6C)cc5)C(C)(C)C)CC4)cc(Cl)cc32)cc(C)c1F. The number of nitrogens with one attached hydrogen (secondary N) is 3. The van der Waals surface area contributed by atoms with Gasteiger partial charge in [-0.05, 0) is 73.1 Å². The maximum absolute atomic E-state index is 14.7. The van der Waals surface area contributed by atoms with E-state index in [4.69, 9.17) is 26.1 Å². The number of ether oxygens (including phenoxy) is 2. The summed E-state index contributed by atoms with van der Waals surface area (Å²) in [6, 6.07) is 13.6. The number of hydrogen-bond acceptors (Lipinski definition) is 13. The van der Waals surface area contributed by atoms with Crippen molar-refractivity contribution in [2.45, 2.75) is 85.7 Å². The number of halogens is 2. The number of hydrogen-bond donors (Lipinski definition) is 4. The van der Waals surface area contributed by atoms with Crippen molar-refractivity contribution < 1.29 is 33.4 Å². The number of imidazole rings is 1. The van der Waals surface area contributed by atoms with E-state index in [9.17, 15) is 23.9 Å². The summed E-state index contributed by atoms with van der Waals surface area (Å²) in [7, 11) is 0. The number of benzene rings is 3. The van der Waals surface area contributed by atoms with Crippen LogP contribution in [-0.4, -0.2) is 157 Å². The smallest absolute Gasteiger partial charge is 0.246 e. The number of aryl methyl sites for hydroxylation is 3. The number of fused-ring (bicyclic) bond motifs is 1. The van der Waals surface area contributed by atoms with Crippen LogP contribution in [0.3, 0.4) is 0 Å². The van der Waals surface area contributed by atoms with E-state index < -0.39 is 35.4 Å². The number of piperazine rings is 1. The molecule has 1 spiro atoms. The Labute approximate surface area is 436 Å². The van der Waals surface area contributed by atoms with E-state index in [1.165, 1.54) is 4.90 Å². The molecule has 0 radical (unpaired) electrons. The first-order valence-corrected chi connectivity index (χ1v) is 26.7. The Morgan fingerprint density at radius 1 is 0.959 bits per heavy atom. The summed E-state index contributed by atoms with van der Waals surface area (Å²) in [6.07, 6.45) is -0.784. The fraction of sp³-hybridized carbons (Fsp3) is 0.537. The molecule has 6 heterocycles. The van der Waals surface area contributed by atoms with Crippen LogP contribution in [-0.2, 0) is 30.4 Å². The monoisotopic (exact) mass is 1040 g/mol. The molecule has 4 fully saturated rings. The second-order valence-corrected chi connectivity index (χ2v) is 23.0. The number of carbonyl (C=O) groups is 3. The van der Waals surface area contributed by atoms with Crippen LogP contribution < -0.4 is 25.8 Å². The van der Waals surface area contributed by atoms with E-state index in [0.717, 1.165) is 109 Å². The van der Waals surface area contributed by atoms with Gasteiger partial charge in [0.2, 0.25) is 23.7 Å². The van der Waals surface area contributed by atoms with Gasteiger partial charge in [0, 0.05) is 82.3 Å². The van der Waals surface area contributed by atoms with Crippen molar-refractivity contribution in [1.82, 2.24) is 40.3 Å². The molecule has 3 aromatic carbocycles. The van der Waals surface area contributed by atoms with E-state index in [1.807, 2.05) is 103 Å². The molecule has 73 heavy (non-hydrogen) atoms. The number of nitrogens with zero attached hydrogens (tertiary/aromatic N) is 7. The maximum atomic E-state index is 14.7. The molecule has 4 saturated heterocycles. The molecule has 4 atom stereocenters. The molecule has 4 aliphatic heterocycles. The highest BCUT2D eigenvalue weighted by molar-refractivity contribution is 7.13. The van der Waals surface area contributed by atoms with E-state index in [0.29, 0.717) is 41.3 Å². The fourth-order valence-electron chi connectivity index (χ4n) is 10.7. The normalized spacial score (nSPS) is 19.8. The molecule has 392 valence electrons. The van der Waals surface area contributed by atoms with Crippen LogP contribution in [0.2, 0.25) is 5.02 Å². The largest absolute Gasteiger partial charge is 0.391 e. The van der Waals surface area contributed by atoms with Gasteiger partial charge in [0.1, 0.15) is 30.0 Å². The molecule has 2 aromatic heterocycles. The van der Waals surface area contributed by atoms with Crippen LogP contribution in [0.15, 0.2) is 54.0 Å². The Morgan fingerprint density at radius 2 is 1.66 bits per heavy atom. The molecule has 4 aliphatic rings. The Morgan fingerprint density at radius 3 is 2.30 bits per heavy atom. The van der Waals surface area contributed by atoms with E-state index in [-0.39, 0.29) is 43.9 Å². The molecular weight excluding hydrogens is 971 g/mol. The summed E-state index contributed by atoms with van der Waals surface area (Å²) in [6.45, 7) is 22.2. The standard InChI is InChI=1S/C54H70ClFN10O6S/c1-33-20-37(21-34(2)46(33)56)25-66-43-23-40(55)22-42(47(43)61-52(66)64-30-54(31-64)28-57-29-54)63-14-12-62(13-15-63)16-17-71-18-19-72-27-45(68)60-49(53(5,6)7)51(70)65-26-41(67)24-44(65)50(69)59-35(3)38-8-10-39(11-9-38)48-36(4)58-32-73-48/h8-11,20-23,32,35,41,44,49,57,67H,12-19,24-31H2,1-7H3,(H,59,69)(H,60,68). The van der Waals surface area contributed by atoms with Crippen LogP contribution >= 0.6 is 22.9 Å². The van der Waals surface area contributed by atoms with Gasteiger partial charge < -0.3 is 49.8 Å². The third kappa shape index (κ3) is 11.7. The van der Waals surface area contributed by atoms with Crippen molar-refractivity contribution in [3.63, 3.8) is 0 Å². The number of likely N-dealkylation sites (tertiary alicyclic amines) is 1. The first kappa shape index (κ1) is 52.6. The molecule has 0 aliphatic carbocycles. The Kier molecular flexibility index (Phi) is 15.8. The predicted octanol–water partition coefficient (Wildman–Crippen LogP) is 5.86. The van der Waals surface area contributed by atoms with Gasteiger partial charge in [0.05, 0.1) is 65.8 Å². The van der Waals surface area contributed by atoms with Gasteiger partial charge in [0.25, 0.3) is 0 Å². The van der Waals surface area contributed by atoms with Gasteiger partial charge in [-0.1, -0.05) is 68.8 Å². The Bertz CT molecular complexity index is 2770. The van der Waals surface area contributed by atoms with Crippen molar-refractivity contribution in [2.24, 2.45) is 10.8 Å². The van der Waals surface area contributed by atoms with Gasteiger partial charge in [0.15, 0.2) is 0 Å². The highest BCUT2D eigenvalue weighted by atomic mass is 35.5. The van der Waals surface area contributed by atoms with Gasteiger partial charge in [-0.15, -0.1) is 11.3 Å². The molecule has 4 unspecified atom stereocenters. The molecule has 4 N–H and O–H groups in total. The third-order valence-corrected chi connectivity index (χ3v) is 16.1. The predicted molar refractivity (Wildman–Crippen MR) is 284 cm³/mol.